The van der Waals surface area contributed by atoms with Crippen LogP contribution >= 0.6 is 0 Å². The molecule has 0 N–H and O–H groups in total. The zero-order chi connectivity index (χ0) is 11.7. The Labute approximate surface area is 102 Å². The van der Waals surface area contributed by atoms with E-state index in [1.807, 2.05) is 6.07 Å². The van der Waals surface area contributed by atoms with E-state index in [0.29, 0.717) is 12.0 Å². The van der Waals surface area contributed by atoms with Crippen LogP contribution in [0.1, 0.15) is 30.7 Å². The van der Waals surface area contributed by atoms with Crippen LogP contribution in [0.2, 0.25) is 0 Å². The van der Waals surface area contributed by atoms with Gasteiger partial charge in [0.25, 0.3) is 0 Å². The number of nitriles is 1. The summed E-state index contributed by atoms with van der Waals surface area (Å²) in [4.78, 5) is 2.29. The molecule has 1 fully saturated rings. The Balaban J connectivity index is 1.93. The van der Waals surface area contributed by atoms with Gasteiger partial charge in [-0.3, -0.25) is 0 Å². The van der Waals surface area contributed by atoms with Crippen molar-refractivity contribution in [1.82, 2.24) is 4.90 Å². The number of allylic oxidation sites excluding steroid dienone is 2. The quantitative estimate of drug-likeness (QED) is 0.733. The highest BCUT2D eigenvalue weighted by atomic mass is 15.2. The molecule has 0 aliphatic carbocycles. The maximum Gasteiger partial charge on any atom is 0.117 e. The summed E-state index contributed by atoms with van der Waals surface area (Å²) < 4.78 is 0. The van der Waals surface area contributed by atoms with Crippen LogP contribution in [0.5, 0.6) is 0 Å². The van der Waals surface area contributed by atoms with Crippen molar-refractivity contribution in [1.29, 1.82) is 5.26 Å². The zero-order valence-electron chi connectivity index (χ0n) is 9.84. The third-order valence-electron chi connectivity index (χ3n) is 3.91. The average Bonchev–Trinajstić information content (AvgIpc) is 2.86. The summed E-state index contributed by atoms with van der Waals surface area (Å²) in [6, 6.07) is 13.5. The molecule has 0 radical (unpaired) electrons. The van der Waals surface area contributed by atoms with Crippen LogP contribution < -0.4 is 0 Å². The summed E-state index contributed by atoms with van der Waals surface area (Å²) in [7, 11) is 0. The third kappa shape index (κ3) is 1.82. The van der Waals surface area contributed by atoms with E-state index in [4.69, 9.17) is 0 Å². The fraction of sp³-hybridized carbons (Fsp3) is 0.400. The Morgan fingerprint density at radius 3 is 2.82 bits per heavy atom. The molecule has 17 heavy (non-hydrogen) atoms. The summed E-state index contributed by atoms with van der Waals surface area (Å²) in [5, 5.41) is 9.24. The molecular formula is C15H16N2. The largest absolute Gasteiger partial charge is 0.360 e. The van der Waals surface area contributed by atoms with Gasteiger partial charge in [-0.15, -0.1) is 0 Å². The van der Waals surface area contributed by atoms with Crippen molar-refractivity contribution in [3.8, 4) is 6.07 Å². The molecule has 0 saturated carbocycles. The lowest BCUT2D eigenvalue weighted by Gasteiger charge is -2.33. The highest BCUT2D eigenvalue weighted by Crippen LogP contribution is 2.37. The van der Waals surface area contributed by atoms with Gasteiger partial charge in [0.2, 0.25) is 0 Å². The number of hydrogen-bond donors (Lipinski definition) is 0. The van der Waals surface area contributed by atoms with Crippen molar-refractivity contribution < 1.29 is 0 Å². The third-order valence-corrected chi connectivity index (χ3v) is 3.91. The first kappa shape index (κ1) is 10.4. The van der Waals surface area contributed by atoms with Crippen LogP contribution in [0.15, 0.2) is 42.1 Å². The lowest BCUT2D eigenvalue weighted by Crippen LogP contribution is -2.33. The fourth-order valence-electron chi connectivity index (χ4n) is 3.08. The molecule has 0 aromatic heterocycles. The van der Waals surface area contributed by atoms with Crippen molar-refractivity contribution >= 4 is 0 Å². The van der Waals surface area contributed by atoms with Gasteiger partial charge in [-0.05, 0) is 30.9 Å². The molecular weight excluding hydrogens is 208 g/mol. The summed E-state index contributed by atoms with van der Waals surface area (Å²) >= 11 is 0. The molecule has 3 rings (SSSR count). The summed E-state index contributed by atoms with van der Waals surface area (Å²) in [5.41, 5.74) is 2.22. The van der Waals surface area contributed by atoms with Gasteiger partial charge in [0.1, 0.15) is 11.8 Å². The molecule has 2 aliphatic heterocycles. The monoisotopic (exact) mass is 224 g/mol. The summed E-state index contributed by atoms with van der Waals surface area (Å²) in [6.45, 7) is 1.06. The topological polar surface area (TPSA) is 27.0 Å². The molecule has 2 aliphatic rings. The van der Waals surface area contributed by atoms with Crippen molar-refractivity contribution in [3.05, 3.63) is 47.7 Å². The first-order chi connectivity index (χ1) is 8.38. The number of fused-ring (bicyclic) bond motifs is 1. The van der Waals surface area contributed by atoms with E-state index in [9.17, 15) is 5.26 Å². The normalized spacial score (nSPS) is 27.2. The van der Waals surface area contributed by atoms with Gasteiger partial charge in [0, 0.05) is 18.5 Å². The fourth-order valence-corrected chi connectivity index (χ4v) is 3.08. The van der Waals surface area contributed by atoms with Crippen LogP contribution in [0, 0.1) is 11.3 Å². The molecule has 0 amide bonds. The second-order valence-corrected chi connectivity index (χ2v) is 4.91. The molecule has 1 aromatic carbocycles. The Morgan fingerprint density at radius 1 is 1.24 bits per heavy atom. The molecule has 1 saturated heterocycles. The summed E-state index contributed by atoms with van der Waals surface area (Å²) in [5.74, 6) is 0.421. The second kappa shape index (κ2) is 4.25. The van der Waals surface area contributed by atoms with E-state index in [1.54, 1.807) is 0 Å². The number of rotatable bonds is 1. The Bertz CT molecular complexity index is 469. The van der Waals surface area contributed by atoms with Crippen LogP contribution in [0.25, 0.3) is 0 Å². The van der Waals surface area contributed by atoms with Crippen molar-refractivity contribution in [2.75, 3.05) is 6.54 Å². The highest BCUT2D eigenvalue weighted by Gasteiger charge is 2.32. The van der Waals surface area contributed by atoms with Crippen LogP contribution in [-0.4, -0.2) is 17.5 Å². The lowest BCUT2D eigenvalue weighted by atomic mass is 9.87. The van der Waals surface area contributed by atoms with Crippen molar-refractivity contribution in [2.45, 2.75) is 31.2 Å². The van der Waals surface area contributed by atoms with E-state index in [-0.39, 0.29) is 0 Å². The molecule has 2 unspecified atom stereocenters. The minimum atomic E-state index is 0.421. The first-order valence-electron chi connectivity index (χ1n) is 6.32. The van der Waals surface area contributed by atoms with E-state index in [1.165, 1.54) is 18.4 Å². The SMILES string of the molecule is N#CC1=CC(c2ccccc2)CC2CCCN12. The molecule has 2 heterocycles. The first-order valence-corrected chi connectivity index (χ1v) is 6.32. The van der Waals surface area contributed by atoms with E-state index < -0.39 is 0 Å². The molecule has 2 nitrogen and oxygen atoms in total. The van der Waals surface area contributed by atoms with E-state index >= 15 is 0 Å². The Morgan fingerprint density at radius 2 is 2.06 bits per heavy atom. The van der Waals surface area contributed by atoms with Gasteiger partial charge in [-0.2, -0.15) is 5.26 Å². The van der Waals surface area contributed by atoms with Crippen LogP contribution in [-0.2, 0) is 0 Å². The van der Waals surface area contributed by atoms with E-state index in [0.717, 1.165) is 18.7 Å². The molecule has 2 atom stereocenters. The Kier molecular flexibility index (Phi) is 2.60. The molecule has 86 valence electrons. The number of hydrogen-bond acceptors (Lipinski definition) is 2. The maximum atomic E-state index is 9.24. The summed E-state index contributed by atoms with van der Waals surface area (Å²) in [6.07, 6.45) is 5.78. The number of nitrogens with zero attached hydrogens (tertiary/aromatic N) is 2. The van der Waals surface area contributed by atoms with Gasteiger partial charge in [0.15, 0.2) is 0 Å². The van der Waals surface area contributed by atoms with Crippen molar-refractivity contribution in [2.24, 2.45) is 0 Å². The lowest BCUT2D eigenvalue weighted by molar-refractivity contribution is 0.287. The zero-order valence-corrected chi connectivity index (χ0v) is 9.84. The van der Waals surface area contributed by atoms with Gasteiger partial charge < -0.3 is 4.90 Å². The number of benzene rings is 1. The maximum absolute atomic E-state index is 9.24. The second-order valence-electron chi connectivity index (χ2n) is 4.91. The molecule has 0 bridgehead atoms. The van der Waals surface area contributed by atoms with Gasteiger partial charge in [-0.25, -0.2) is 0 Å². The molecule has 1 aromatic rings. The average molecular weight is 224 g/mol. The molecule has 2 heteroatoms. The van der Waals surface area contributed by atoms with Crippen LogP contribution in [0.4, 0.5) is 0 Å². The van der Waals surface area contributed by atoms with Crippen molar-refractivity contribution in [3.63, 3.8) is 0 Å². The minimum Gasteiger partial charge on any atom is -0.360 e. The van der Waals surface area contributed by atoms with Gasteiger partial charge >= 0.3 is 0 Å². The van der Waals surface area contributed by atoms with Crippen LogP contribution in [0.3, 0.4) is 0 Å². The Hall–Kier alpha value is -1.75. The van der Waals surface area contributed by atoms with Gasteiger partial charge in [-0.1, -0.05) is 30.3 Å². The molecule has 0 spiro atoms. The highest BCUT2D eigenvalue weighted by molar-refractivity contribution is 5.33. The minimum absolute atomic E-state index is 0.421. The standard InChI is InChI=1S/C15H16N2/c16-11-15-10-13(12-5-2-1-3-6-12)9-14-7-4-8-17(14)15/h1-3,5-6,10,13-14H,4,7-9H2. The van der Waals surface area contributed by atoms with Gasteiger partial charge in [0.05, 0.1) is 0 Å². The van der Waals surface area contributed by atoms with E-state index in [2.05, 4.69) is 41.3 Å². The predicted molar refractivity (Wildman–Crippen MR) is 67.2 cm³/mol. The predicted octanol–water partition coefficient (Wildman–Crippen LogP) is 3.05. The smallest absolute Gasteiger partial charge is 0.117 e.